The first-order valence-corrected chi connectivity index (χ1v) is 10.3. The Labute approximate surface area is 165 Å². The van der Waals surface area contributed by atoms with E-state index in [2.05, 4.69) is 39.0 Å². The van der Waals surface area contributed by atoms with Gasteiger partial charge in [-0.1, -0.05) is 44.4 Å². The molecule has 2 nitrogen and oxygen atoms in total. The summed E-state index contributed by atoms with van der Waals surface area (Å²) in [6.07, 6.45) is 8.13. The van der Waals surface area contributed by atoms with Crippen LogP contribution < -0.4 is 4.74 Å². The monoisotopic (exact) mass is 366 g/mol. The van der Waals surface area contributed by atoms with Gasteiger partial charge in [0.25, 0.3) is 0 Å². The van der Waals surface area contributed by atoms with Gasteiger partial charge in [-0.15, -0.1) is 0 Å². The summed E-state index contributed by atoms with van der Waals surface area (Å²) >= 11 is 0. The van der Waals surface area contributed by atoms with Crippen LogP contribution in [0.5, 0.6) is 5.75 Å². The molecule has 0 radical (unpaired) electrons. The summed E-state index contributed by atoms with van der Waals surface area (Å²) < 4.78 is 5.96. The fourth-order valence-corrected chi connectivity index (χ4v) is 3.57. The minimum absolute atomic E-state index is 0.702. The van der Waals surface area contributed by atoms with Gasteiger partial charge in [-0.3, -0.25) is 4.79 Å². The first-order valence-electron chi connectivity index (χ1n) is 10.3. The largest absolute Gasteiger partial charge is 0.493 e. The van der Waals surface area contributed by atoms with Crippen LogP contribution in [0.3, 0.4) is 0 Å². The van der Waals surface area contributed by atoms with Gasteiger partial charge in [-0.05, 0) is 86.4 Å². The van der Waals surface area contributed by atoms with Crippen LogP contribution in [0.15, 0.2) is 36.4 Å². The molecule has 0 saturated heterocycles. The SMILES string of the molecule is CCCC[C@H](CCCOc1ccc(C=O)cc1C)Cc1ccc(C)c(C)c1. The maximum absolute atomic E-state index is 10.8. The molecule has 27 heavy (non-hydrogen) atoms. The van der Waals surface area contributed by atoms with Crippen LogP contribution in [0.25, 0.3) is 0 Å². The number of aryl methyl sites for hydroxylation is 3. The highest BCUT2D eigenvalue weighted by atomic mass is 16.5. The molecule has 2 aromatic rings. The number of hydrogen-bond donors (Lipinski definition) is 0. The molecule has 1 atom stereocenters. The van der Waals surface area contributed by atoms with Crippen molar-refractivity contribution in [2.24, 2.45) is 5.92 Å². The van der Waals surface area contributed by atoms with E-state index in [1.54, 1.807) is 0 Å². The Bertz CT molecular complexity index is 733. The lowest BCUT2D eigenvalue weighted by Crippen LogP contribution is -2.08. The zero-order valence-electron chi connectivity index (χ0n) is 17.4. The molecule has 0 aliphatic carbocycles. The zero-order chi connectivity index (χ0) is 19.6. The van der Waals surface area contributed by atoms with Crippen molar-refractivity contribution < 1.29 is 9.53 Å². The molecule has 0 fully saturated rings. The predicted octanol–water partition coefficient (Wildman–Crippen LogP) is 6.63. The van der Waals surface area contributed by atoms with E-state index in [1.165, 1.54) is 42.4 Å². The Kier molecular flexibility index (Phi) is 8.57. The van der Waals surface area contributed by atoms with E-state index >= 15 is 0 Å². The maximum atomic E-state index is 10.8. The molecule has 0 unspecified atom stereocenters. The van der Waals surface area contributed by atoms with E-state index < -0.39 is 0 Å². The summed E-state index contributed by atoms with van der Waals surface area (Å²) in [5, 5.41) is 0. The molecular weight excluding hydrogens is 332 g/mol. The van der Waals surface area contributed by atoms with Gasteiger partial charge in [0.2, 0.25) is 0 Å². The zero-order valence-corrected chi connectivity index (χ0v) is 17.4. The van der Waals surface area contributed by atoms with Crippen molar-refractivity contribution in [3.05, 3.63) is 64.2 Å². The minimum atomic E-state index is 0.702. The molecule has 0 aliphatic heterocycles. The maximum Gasteiger partial charge on any atom is 0.150 e. The van der Waals surface area contributed by atoms with Gasteiger partial charge in [0.15, 0.2) is 0 Å². The van der Waals surface area contributed by atoms with Gasteiger partial charge in [0.1, 0.15) is 12.0 Å². The summed E-state index contributed by atoms with van der Waals surface area (Å²) in [7, 11) is 0. The van der Waals surface area contributed by atoms with E-state index in [-0.39, 0.29) is 0 Å². The van der Waals surface area contributed by atoms with Crippen LogP contribution in [0.1, 0.15) is 71.6 Å². The molecule has 2 rings (SSSR count). The second-order valence-electron chi connectivity index (χ2n) is 7.76. The van der Waals surface area contributed by atoms with Crippen molar-refractivity contribution in [2.45, 2.75) is 66.2 Å². The van der Waals surface area contributed by atoms with Crippen molar-refractivity contribution in [1.29, 1.82) is 0 Å². The number of rotatable bonds is 11. The molecular formula is C25H34O2. The Morgan fingerprint density at radius 2 is 1.70 bits per heavy atom. The summed E-state index contributed by atoms with van der Waals surface area (Å²) in [5.41, 5.74) is 5.94. The predicted molar refractivity (Wildman–Crippen MR) is 114 cm³/mol. The minimum Gasteiger partial charge on any atom is -0.493 e. The number of carbonyl (C=O) groups excluding carboxylic acids is 1. The smallest absolute Gasteiger partial charge is 0.150 e. The topological polar surface area (TPSA) is 26.3 Å². The third kappa shape index (κ3) is 6.86. The standard InChI is InChI=1S/C25H34O2/c1-5-6-8-22(17-23-11-10-19(2)20(3)15-23)9-7-14-27-25-13-12-24(18-26)16-21(25)4/h10-13,15-16,18,22H,5-9,14,17H2,1-4H3/t22-/m1/s1. The first kappa shape index (κ1) is 21.2. The molecule has 2 aromatic carbocycles. The first-order chi connectivity index (χ1) is 13.0. The quantitative estimate of drug-likeness (QED) is 0.329. The Balaban J connectivity index is 1.86. The van der Waals surface area contributed by atoms with E-state index in [4.69, 9.17) is 4.74 Å². The van der Waals surface area contributed by atoms with Gasteiger partial charge < -0.3 is 4.74 Å². The van der Waals surface area contributed by atoms with Crippen molar-refractivity contribution in [3.8, 4) is 5.75 Å². The Morgan fingerprint density at radius 3 is 2.37 bits per heavy atom. The van der Waals surface area contributed by atoms with Crippen LogP contribution >= 0.6 is 0 Å². The number of ether oxygens (including phenoxy) is 1. The molecule has 0 amide bonds. The van der Waals surface area contributed by atoms with Crippen molar-refractivity contribution in [1.82, 2.24) is 0 Å². The second kappa shape index (κ2) is 10.9. The summed E-state index contributed by atoms with van der Waals surface area (Å²) in [4.78, 5) is 10.8. The lowest BCUT2D eigenvalue weighted by molar-refractivity contribution is 0.112. The van der Waals surface area contributed by atoms with Gasteiger partial charge in [0, 0.05) is 5.56 Å². The van der Waals surface area contributed by atoms with Crippen molar-refractivity contribution in [3.63, 3.8) is 0 Å². The summed E-state index contributed by atoms with van der Waals surface area (Å²) in [6.45, 7) is 9.37. The number of aldehydes is 1. The average molecular weight is 367 g/mol. The van der Waals surface area contributed by atoms with Crippen LogP contribution in [0.4, 0.5) is 0 Å². The number of benzene rings is 2. The third-order valence-electron chi connectivity index (χ3n) is 5.41. The molecule has 2 heteroatoms. The van der Waals surface area contributed by atoms with Crippen LogP contribution in [0.2, 0.25) is 0 Å². The summed E-state index contributed by atoms with van der Waals surface area (Å²) in [6, 6.07) is 12.5. The third-order valence-corrected chi connectivity index (χ3v) is 5.41. The second-order valence-corrected chi connectivity index (χ2v) is 7.76. The van der Waals surface area contributed by atoms with Crippen LogP contribution in [0, 0.1) is 26.7 Å². The molecule has 0 bridgehead atoms. The van der Waals surface area contributed by atoms with E-state index in [0.717, 1.165) is 37.0 Å². The molecule has 0 aliphatic rings. The molecule has 0 spiro atoms. The molecule has 0 N–H and O–H groups in total. The summed E-state index contributed by atoms with van der Waals surface area (Å²) in [5.74, 6) is 1.61. The number of unbranched alkanes of at least 4 members (excludes halogenated alkanes) is 1. The Hall–Kier alpha value is -2.09. The van der Waals surface area contributed by atoms with Gasteiger partial charge >= 0.3 is 0 Å². The average Bonchev–Trinajstić information content (AvgIpc) is 2.66. The highest BCUT2D eigenvalue weighted by molar-refractivity contribution is 5.75. The molecule has 0 saturated carbocycles. The van der Waals surface area contributed by atoms with Crippen molar-refractivity contribution in [2.75, 3.05) is 6.61 Å². The lowest BCUT2D eigenvalue weighted by atomic mass is 9.89. The van der Waals surface area contributed by atoms with Crippen molar-refractivity contribution >= 4 is 6.29 Å². The highest BCUT2D eigenvalue weighted by Crippen LogP contribution is 2.23. The molecule has 0 heterocycles. The van der Waals surface area contributed by atoms with Crippen LogP contribution in [-0.2, 0) is 6.42 Å². The van der Waals surface area contributed by atoms with Gasteiger partial charge in [-0.25, -0.2) is 0 Å². The van der Waals surface area contributed by atoms with Gasteiger partial charge in [0.05, 0.1) is 6.61 Å². The molecule has 0 aromatic heterocycles. The fourth-order valence-electron chi connectivity index (χ4n) is 3.57. The van der Waals surface area contributed by atoms with Crippen LogP contribution in [-0.4, -0.2) is 12.9 Å². The van der Waals surface area contributed by atoms with E-state index in [9.17, 15) is 4.79 Å². The Morgan fingerprint density at radius 1 is 0.926 bits per heavy atom. The fraction of sp³-hybridized carbons (Fsp3) is 0.480. The van der Waals surface area contributed by atoms with Gasteiger partial charge in [-0.2, -0.15) is 0 Å². The van der Waals surface area contributed by atoms with E-state index in [1.807, 2.05) is 25.1 Å². The molecule has 146 valence electrons. The lowest BCUT2D eigenvalue weighted by Gasteiger charge is -2.18. The highest BCUT2D eigenvalue weighted by Gasteiger charge is 2.11. The number of carbonyl (C=O) groups is 1. The van der Waals surface area contributed by atoms with E-state index in [0.29, 0.717) is 11.5 Å². The number of hydrogen-bond acceptors (Lipinski definition) is 2. The normalized spacial score (nSPS) is 12.0.